The van der Waals surface area contributed by atoms with Crippen molar-refractivity contribution in [2.24, 2.45) is 0 Å². The van der Waals surface area contributed by atoms with E-state index < -0.39 is 23.7 Å². The average Bonchev–Trinajstić information content (AvgIpc) is 2.48. The highest BCUT2D eigenvalue weighted by molar-refractivity contribution is 5.87. The van der Waals surface area contributed by atoms with Crippen LogP contribution in [-0.4, -0.2) is 22.2 Å². The summed E-state index contributed by atoms with van der Waals surface area (Å²) in [5.41, 5.74) is 0.0845. The third kappa shape index (κ3) is 4.00. The summed E-state index contributed by atoms with van der Waals surface area (Å²) < 4.78 is 18.4. The number of aromatic nitrogens is 1. The molecule has 1 aromatic heterocycles. The Labute approximate surface area is 119 Å². The van der Waals surface area contributed by atoms with Crippen molar-refractivity contribution in [3.8, 4) is 0 Å². The number of carbonyl (C=O) groups is 2. The molecular weight excluding hydrogens is 279 g/mol. The van der Waals surface area contributed by atoms with Crippen molar-refractivity contribution < 1.29 is 23.8 Å². The Kier molecular flexibility index (Phi) is 4.45. The van der Waals surface area contributed by atoms with Gasteiger partial charge in [-0.15, -0.1) is 0 Å². The van der Waals surface area contributed by atoms with E-state index in [1.165, 1.54) is 0 Å². The number of hydrogen-bond acceptors (Lipinski definition) is 4. The molecule has 0 spiro atoms. The lowest BCUT2D eigenvalue weighted by Gasteiger charge is -2.07. The van der Waals surface area contributed by atoms with Crippen molar-refractivity contribution in [1.29, 1.82) is 0 Å². The first-order chi connectivity index (χ1) is 10.1. The average molecular weight is 290 g/mol. The number of rotatable bonds is 4. The van der Waals surface area contributed by atoms with Crippen molar-refractivity contribution in [3.05, 3.63) is 59.7 Å². The lowest BCUT2D eigenvalue weighted by atomic mass is 10.2. The molecule has 21 heavy (non-hydrogen) atoms. The molecule has 1 heterocycles. The van der Waals surface area contributed by atoms with Crippen LogP contribution >= 0.6 is 0 Å². The largest absolute Gasteiger partial charge is 0.477 e. The Morgan fingerprint density at radius 2 is 1.90 bits per heavy atom. The fourth-order valence-electron chi connectivity index (χ4n) is 1.52. The van der Waals surface area contributed by atoms with Gasteiger partial charge in [-0.1, -0.05) is 30.3 Å². The predicted molar refractivity (Wildman–Crippen MR) is 71.4 cm³/mol. The van der Waals surface area contributed by atoms with Gasteiger partial charge in [0.2, 0.25) is 5.95 Å². The van der Waals surface area contributed by atoms with Gasteiger partial charge < -0.3 is 9.84 Å². The normalized spacial score (nSPS) is 9.95. The molecular formula is C14H11FN2O4. The Balaban J connectivity index is 1.95. The number of carboxylic acid groups (broad SMARTS) is 1. The topological polar surface area (TPSA) is 88.5 Å². The van der Waals surface area contributed by atoms with Gasteiger partial charge in [0.1, 0.15) is 6.61 Å². The molecule has 0 saturated heterocycles. The van der Waals surface area contributed by atoms with Gasteiger partial charge in [-0.05, 0) is 17.7 Å². The van der Waals surface area contributed by atoms with Crippen molar-refractivity contribution in [1.82, 2.24) is 4.98 Å². The van der Waals surface area contributed by atoms with Crippen LogP contribution < -0.4 is 5.32 Å². The zero-order valence-corrected chi connectivity index (χ0v) is 10.7. The molecule has 0 fully saturated rings. The molecule has 0 radical (unpaired) electrons. The second-order valence-electron chi connectivity index (χ2n) is 4.03. The number of anilines is 1. The monoisotopic (exact) mass is 290 g/mol. The van der Waals surface area contributed by atoms with E-state index in [1.807, 2.05) is 6.07 Å². The van der Waals surface area contributed by atoms with Gasteiger partial charge >= 0.3 is 12.1 Å². The number of carbonyl (C=O) groups excluding carboxylic acids is 1. The standard InChI is InChI=1S/C14H11FN2O4/c15-12-10(6-7-11(16-12)13(18)19)17-14(20)21-8-9-4-2-1-3-5-9/h1-7H,8H2,(H,17,20)(H,18,19). The fourth-order valence-corrected chi connectivity index (χ4v) is 1.52. The second kappa shape index (κ2) is 6.47. The van der Waals surface area contributed by atoms with Crippen molar-refractivity contribution in [2.45, 2.75) is 6.61 Å². The molecule has 0 aliphatic rings. The number of halogens is 1. The lowest BCUT2D eigenvalue weighted by Crippen LogP contribution is -2.15. The first-order valence-corrected chi connectivity index (χ1v) is 5.94. The maximum absolute atomic E-state index is 13.5. The number of hydrogen-bond donors (Lipinski definition) is 2. The number of pyridine rings is 1. The van der Waals surface area contributed by atoms with Gasteiger partial charge in [-0.2, -0.15) is 4.39 Å². The first kappa shape index (κ1) is 14.4. The van der Waals surface area contributed by atoms with E-state index in [0.717, 1.165) is 17.7 Å². The van der Waals surface area contributed by atoms with Crippen LogP contribution in [0.4, 0.5) is 14.9 Å². The SMILES string of the molecule is O=C(Nc1ccc(C(=O)O)nc1F)OCc1ccccc1. The van der Waals surface area contributed by atoms with Gasteiger partial charge in [0.15, 0.2) is 5.69 Å². The molecule has 0 aliphatic carbocycles. The number of nitrogens with zero attached hydrogens (tertiary/aromatic N) is 1. The molecule has 1 amide bonds. The summed E-state index contributed by atoms with van der Waals surface area (Å²) >= 11 is 0. The van der Waals surface area contributed by atoms with E-state index in [-0.39, 0.29) is 12.3 Å². The molecule has 0 aliphatic heterocycles. The smallest absolute Gasteiger partial charge is 0.412 e. The van der Waals surface area contributed by atoms with E-state index >= 15 is 0 Å². The minimum atomic E-state index is -1.35. The van der Waals surface area contributed by atoms with E-state index in [9.17, 15) is 14.0 Å². The minimum absolute atomic E-state index is 0.0366. The van der Waals surface area contributed by atoms with Crippen LogP contribution in [0.5, 0.6) is 0 Å². The Morgan fingerprint density at radius 3 is 2.52 bits per heavy atom. The van der Waals surface area contributed by atoms with Gasteiger partial charge in [-0.3, -0.25) is 5.32 Å². The summed E-state index contributed by atoms with van der Waals surface area (Å²) in [4.78, 5) is 25.3. The Hall–Kier alpha value is -2.96. The summed E-state index contributed by atoms with van der Waals surface area (Å²) in [6.07, 6.45) is -0.859. The van der Waals surface area contributed by atoms with E-state index in [4.69, 9.17) is 9.84 Å². The first-order valence-electron chi connectivity index (χ1n) is 5.94. The number of carboxylic acids is 1. The molecule has 7 heteroatoms. The maximum Gasteiger partial charge on any atom is 0.412 e. The highest BCUT2D eigenvalue weighted by atomic mass is 19.1. The van der Waals surface area contributed by atoms with Crippen LogP contribution in [0.2, 0.25) is 0 Å². The van der Waals surface area contributed by atoms with Gasteiger partial charge in [0.05, 0.1) is 5.69 Å². The van der Waals surface area contributed by atoms with Crippen LogP contribution in [0.25, 0.3) is 0 Å². The van der Waals surface area contributed by atoms with Gasteiger partial charge in [-0.25, -0.2) is 14.6 Å². The molecule has 0 atom stereocenters. The summed E-state index contributed by atoms with van der Waals surface area (Å²) in [5, 5.41) is 10.8. The molecule has 108 valence electrons. The molecule has 6 nitrogen and oxygen atoms in total. The van der Waals surface area contributed by atoms with Crippen LogP contribution in [0.3, 0.4) is 0 Å². The van der Waals surface area contributed by atoms with E-state index in [0.29, 0.717) is 0 Å². The summed E-state index contributed by atoms with van der Waals surface area (Å²) in [7, 11) is 0. The highest BCUT2D eigenvalue weighted by Crippen LogP contribution is 2.13. The molecule has 2 aromatic rings. The number of aromatic carboxylic acids is 1. The zero-order valence-electron chi connectivity index (χ0n) is 10.7. The number of amides is 1. The summed E-state index contributed by atoms with van der Waals surface area (Å²) in [6.45, 7) is 0.0366. The number of ether oxygens (including phenoxy) is 1. The Bertz CT molecular complexity index is 661. The second-order valence-corrected chi connectivity index (χ2v) is 4.03. The molecule has 0 saturated carbocycles. The molecule has 1 aromatic carbocycles. The van der Waals surface area contributed by atoms with Gasteiger partial charge in [0.25, 0.3) is 0 Å². The maximum atomic E-state index is 13.5. The van der Waals surface area contributed by atoms with Gasteiger partial charge in [0, 0.05) is 0 Å². The third-order valence-corrected chi connectivity index (χ3v) is 2.52. The highest BCUT2D eigenvalue weighted by Gasteiger charge is 2.12. The fraction of sp³-hybridized carbons (Fsp3) is 0.0714. The quantitative estimate of drug-likeness (QED) is 0.845. The number of nitrogens with one attached hydrogen (secondary N) is 1. The molecule has 0 bridgehead atoms. The van der Waals surface area contributed by atoms with Crippen molar-refractivity contribution >= 4 is 17.7 Å². The van der Waals surface area contributed by atoms with Crippen molar-refractivity contribution in [3.63, 3.8) is 0 Å². The summed E-state index contributed by atoms with van der Waals surface area (Å²) in [6, 6.07) is 11.2. The van der Waals surface area contributed by atoms with E-state index in [1.54, 1.807) is 24.3 Å². The van der Waals surface area contributed by atoms with Crippen LogP contribution in [-0.2, 0) is 11.3 Å². The predicted octanol–water partition coefficient (Wildman–Crippen LogP) is 2.67. The number of benzene rings is 1. The lowest BCUT2D eigenvalue weighted by molar-refractivity contribution is 0.0689. The van der Waals surface area contributed by atoms with Crippen LogP contribution in [0, 0.1) is 5.95 Å². The third-order valence-electron chi connectivity index (χ3n) is 2.52. The zero-order chi connectivity index (χ0) is 15.2. The van der Waals surface area contributed by atoms with Crippen LogP contribution in [0.15, 0.2) is 42.5 Å². The van der Waals surface area contributed by atoms with Crippen molar-refractivity contribution in [2.75, 3.05) is 5.32 Å². The minimum Gasteiger partial charge on any atom is -0.477 e. The van der Waals surface area contributed by atoms with E-state index in [2.05, 4.69) is 10.3 Å². The summed E-state index contributed by atoms with van der Waals surface area (Å²) in [5.74, 6) is -2.45. The molecule has 2 N–H and O–H groups in total. The molecule has 0 unspecified atom stereocenters. The molecule has 2 rings (SSSR count). The van der Waals surface area contributed by atoms with Crippen LogP contribution in [0.1, 0.15) is 16.1 Å². The Morgan fingerprint density at radius 1 is 1.19 bits per heavy atom.